The average Bonchev–Trinajstić information content (AvgIpc) is 2.35. The summed E-state index contributed by atoms with van der Waals surface area (Å²) in [6, 6.07) is -2.17. The van der Waals surface area contributed by atoms with Crippen LogP contribution in [0.1, 0.15) is 12.8 Å². The molecule has 1 aromatic heterocycles. The lowest BCUT2D eigenvalue weighted by Gasteiger charge is -2.13. The van der Waals surface area contributed by atoms with Crippen LogP contribution in [0.2, 0.25) is 0 Å². The third kappa shape index (κ3) is 5.39. The lowest BCUT2D eigenvalue weighted by Crippen LogP contribution is -2.43. The molecule has 0 aliphatic carbocycles. The van der Waals surface area contributed by atoms with Gasteiger partial charge in [0.1, 0.15) is 6.04 Å². The van der Waals surface area contributed by atoms with E-state index >= 15 is 0 Å². The minimum Gasteiger partial charge on any atom is -0.481 e. The SMILES string of the molecule is O=C(O)CC[C@H](NC(=O)Nc1nccnn1)C(=O)O. The third-order valence-corrected chi connectivity index (χ3v) is 1.96. The fraction of sp³-hybridized carbons (Fsp3) is 0.333. The number of carboxylic acid groups (broad SMARTS) is 2. The van der Waals surface area contributed by atoms with Crippen LogP contribution in [-0.4, -0.2) is 49.4 Å². The quantitative estimate of drug-likeness (QED) is 0.529. The highest BCUT2D eigenvalue weighted by atomic mass is 16.4. The molecule has 10 heteroatoms. The Morgan fingerprint density at radius 2 is 2.00 bits per heavy atom. The van der Waals surface area contributed by atoms with Gasteiger partial charge in [-0.1, -0.05) is 0 Å². The summed E-state index contributed by atoms with van der Waals surface area (Å²) in [7, 11) is 0. The first-order valence-electron chi connectivity index (χ1n) is 5.15. The van der Waals surface area contributed by atoms with E-state index in [-0.39, 0.29) is 18.8 Å². The molecule has 0 fully saturated rings. The van der Waals surface area contributed by atoms with Crippen molar-refractivity contribution >= 4 is 23.9 Å². The molecule has 2 amide bonds. The van der Waals surface area contributed by atoms with E-state index in [0.29, 0.717) is 0 Å². The van der Waals surface area contributed by atoms with Crippen molar-refractivity contribution in [1.29, 1.82) is 0 Å². The van der Waals surface area contributed by atoms with E-state index in [2.05, 4.69) is 25.8 Å². The molecule has 1 atom stereocenters. The molecule has 102 valence electrons. The van der Waals surface area contributed by atoms with Gasteiger partial charge in [0.25, 0.3) is 5.95 Å². The molecule has 0 bridgehead atoms. The molecular weight excluding hydrogens is 258 g/mol. The van der Waals surface area contributed by atoms with Gasteiger partial charge in [-0.2, -0.15) is 5.10 Å². The summed E-state index contributed by atoms with van der Waals surface area (Å²) in [6.45, 7) is 0. The largest absolute Gasteiger partial charge is 0.481 e. The topological polar surface area (TPSA) is 154 Å². The van der Waals surface area contributed by atoms with Gasteiger partial charge in [0.2, 0.25) is 0 Å². The van der Waals surface area contributed by atoms with E-state index in [9.17, 15) is 14.4 Å². The number of hydrogen-bond donors (Lipinski definition) is 4. The Morgan fingerprint density at radius 1 is 1.26 bits per heavy atom. The highest BCUT2D eigenvalue weighted by Crippen LogP contribution is 1.99. The van der Waals surface area contributed by atoms with Crippen LogP contribution in [0.15, 0.2) is 12.4 Å². The van der Waals surface area contributed by atoms with E-state index in [0.717, 1.165) is 0 Å². The molecule has 0 aliphatic rings. The molecule has 0 saturated carbocycles. The predicted molar refractivity (Wildman–Crippen MR) is 60.3 cm³/mol. The van der Waals surface area contributed by atoms with Crippen molar-refractivity contribution in [2.45, 2.75) is 18.9 Å². The number of amides is 2. The molecule has 0 saturated heterocycles. The Morgan fingerprint density at radius 3 is 2.53 bits per heavy atom. The number of carbonyl (C=O) groups excluding carboxylic acids is 1. The molecule has 1 heterocycles. The van der Waals surface area contributed by atoms with E-state index in [1.165, 1.54) is 12.4 Å². The summed E-state index contributed by atoms with van der Waals surface area (Å²) in [5, 5.41) is 28.5. The molecule has 4 N–H and O–H groups in total. The molecule has 0 unspecified atom stereocenters. The molecule has 10 nitrogen and oxygen atoms in total. The van der Waals surface area contributed by atoms with Crippen LogP contribution in [-0.2, 0) is 9.59 Å². The number of rotatable bonds is 6. The average molecular weight is 269 g/mol. The highest BCUT2D eigenvalue weighted by molar-refractivity contribution is 5.90. The standard InChI is InChI=1S/C9H11N5O5/c15-6(16)2-1-5(7(17)18)12-9(19)13-8-10-3-4-11-14-8/h3-5H,1-2H2,(H,15,16)(H,17,18)(H2,10,12,13,14,19)/t5-/m0/s1. The molecule has 0 aliphatic heterocycles. The van der Waals surface area contributed by atoms with Crippen LogP contribution >= 0.6 is 0 Å². The Bertz CT molecular complexity index is 465. The van der Waals surface area contributed by atoms with Gasteiger partial charge in [-0.05, 0) is 6.42 Å². The fourth-order valence-electron chi connectivity index (χ4n) is 1.13. The maximum absolute atomic E-state index is 11.4. The van der Waals surface area contributed by atoms with Gasteiger partial charge in [-0.3, -0.25) is 10.1 Å². The minimum atomic E-state index is -1.33. The monoisotopic (exact) mass is 269 g/mol. The Kier molecular flexibility index (Phi) is 5.14. The molecule has 0 radical (unpaired) electrons. The van der Waals surface area contributed by atoms with Crippen molar-refractivity contribution in [1.82, 2.24) is 20.5 Å². The van der Waals surface area contributed by atoms with Crippen molar-refractivity contribution in [2.75, 3.05) is 5.32 Å². The van der Waals surface area contributed by atoms with Gasteiger partial charge >= 0.3 is 18.0 Å². The summed E-state index contributed by atoms with van der Waals surface area (Å²) in [4.78, 5) is 36.3. The van der Waals surface area contributed by atoms with Crippen LogP contribution in [0.3, 0.4) is 0 Å². The summed E-state index contributed by atoms with van der Waals surface area (Å²) >= 11 is 0. The number of nitrogens with one attached hydrogen (secondary N) is 2. The van der Waals surface area contributed by atoms with E-state index in [1.54, 1.807) is 0 Å². The Hall–Kier alpha value is -2.78. The van der Waals surface area contributed by atoms with Gasteiger partial charge < -0.3 is 15.5 Å². The second-order valence-corrected chi connectivity index (χ2v) is 3.39. The maximum atomic E-state index is 11.4. The molecular formula is C9H11N5O5. The van der Waals surface area contributed by atoms with Crippen LogP contribution in [0.25, 0.3) is 0 Å². The van der Waals surface area contributed by atoms with Gasteiger partial charge in [0.05, 0.1) is 12.4 Å². The number of carboxylic acids is 2. The number of carbonyl (C=O) groups is 3. The minimum absolute atomic E-state index is 0.0950. The summed E-state index contributed by atoms with van der Waals surface area (Å²) in [5.74, 6) is -2.57. The normalized spacial score (nSPS) is 11.4. The number of nitrogens with zero attached hydrogens (tertiary/aromatic N) is 3. The third-order valence-electron chi connectivity index (χ3n) is 1.96. The fourth-order valence-corrected chi connectivity index (χ4v) is 1.13. The summed E-state index contributed by atoms with van der Waals surface area (Å²) in [6.07, 6.45) is 1.99. The number of anilines is 1. The van der Waals surface area contributed by atoms with Crippen LogP contribution in [0.5, 0.6) is 0 Å². The van der Waals surface area contributed by atoms with Gasteiger partial charge in [0, 0.05) is 6.42 Å². The molecule has 1 aromatic rings. The number of urea groups is 1. The lowest BCUT2D eigenvalue weighted by atomic mass is 10.1. The zero-order valence-corrected chi connectivity index (χ0v) is 9.61. The zero-order chi connectivity index (χ0) is 14.3. The predicted octanol–water partition coefficient (Wildman–Crippen LogP) is -0.689. The van der Waals surface area contributed by atoms with Gasteiger partial charge in [-0.15, -0.1) is 5.10 Å². The first-order chi connectivity index (χ1) is 8.99. The summed E-state index contributed by atoms with van der Waals surface area (Å²) < 4.78 is 0. The van der Waals surface area contributed by atoms with Crippen molar-refractivity contribution in [3.63, 3.8) is 0 Å². The molecule has 0 aromatic carbocycles. The van der Waals surface area contributed by atoms with Gasteiger partial charge in [-0.25, -0.2) is 14.6 Å². The number of hydrogen-bond acceptors (Lipinski definition) is 6. The van der Waals surface area contributed by atoms with Crippen LogP contribution in [0, 0.1) is 0 Å². The summed E-state index contributed by atoms with van der Waals surface area (Å²) in [5.41, 5.74) is 0. The molecule has 1 rings (SSSR count). The second-order valence-electron chi connectivity index (χ2n) is 3.39. The lowest BCUT2D eigenvalue weighted by molar-refractivity contribution is -0.140. The van der Waals surface area contributed by atoms with Crippen molar-refractivity contribution in [3.8, 4) is 0 Å². The van der Waals surface area contributed by atoms with E-state index < -0.39 is 24.0 Å². The molecule has 19 heavy (non-hydrogen) atoms. The number of aliphatic carboxylic acids is 2. The van der Waals surface area contributed by atoms with Crippen molar-refractivity contribution in [3.05, 3.63) is 12.4 Å². The van der Waals surface area contributed by atoms with Crippen molar-refractivity contribution in [2.24, 2.45) is 0 Å². The first kappa shape index (κ1) is 14.3. The zero-order valence-electron chi connectivity index (χ0n) is 9.61. The van der Waals surface area contributed by atoms with E-state index in [1.807, 2.05) is 0 Å². The Labute approximate surface area is 106 Å². The highest BCUT2D eigenvalue weighted by Gasteiger charge is 2.21. The van der Waals surface area contributed by atoms with Gasteiger partial charge in [0.15, 0.2) is 0 Å². The molecule has 0 spiro atoms. The van der Waals surface area contributed by atoms with Crippen molar-refractivity contribution < 1.29 is 24.6 Å². The van der Waals surface area contributed by atoms with Crippen LogP contribution in [0.4, 0.5) is 10.7 Å². The maximum Gasteiger partial charge on any atom is 0.326 e. The Balaban J connectivity index is 2.52. The first-order valence-corrected chi connectivity index (χ1v) is 5.15. The van der Waals surface area contributed by atoms with E-state index in [4.69, 9.17) is 10.2 Å². The second kappa shape index (κ2) is 6.83. The van der Waals surface area contributed by atoms with Crippen LogP contribution < -0.4 is 10.6 Å². The smallest absolute Gasteiger partial charge is 0.326 e. The number of aromatic nitrogens is 3.